The van der Waals surface area contributed by atoms with Crippen LogP contribution in [0.4, 0.5) is 5.69 Å². The molecule has 0 bridgehead atoms. The SMILES string of the molecule is Cc1cc(S(=O)(=O)N2CCCCC2)ccc1OCC(=O)Nc1ccccc1Cl. The summed E-state index contributed by atoms with van der Waals surface area (Å²) in [5.41, 5.74) is 1.17. The van der Waals surface area contributed by atoms with E-state index in [0.29, 0.717) is 35.1 Å². The number of hydrogen-bond donors (Lipinski definition) is 1. The number of hydrogen-bond acceptors (Lipinski definition) is 4. The van der Waals surface area contributed by atoms with Crippen molar-refractivity contribution in [3.8, 4) is 5.75 Å². The molecule has 0 radical (unpaired) electrons. The fourth-order valence-corrected chi connectivity index (χ4v) is 4.88. The average Bonchev–Trinajstić information content (AvgIpc) is 2.69. The quantitative estimate of drug-likeness (QED) is 0.767. The molecule has 1 aliphatic rings. The van der Waals surface area contributed by atoms with Crippen molar-refractivity contribution in [2.45, 2.75) is 31.1 Å². The standard InChI is InChI=1S/C20H23ClN2O4S/c1-15-13-16(28(25,26)23-11-5-2-6-12-23)9-10-19(15)27-14-20(24)22-18-8-4-3-7-17(18)21/h3-4,7-10,13H,2,5-6,11-12,14H2,1H3,(H,22,24). The number of halogens is 1. The lowest BCUT2D eigenvalue weighted by atomic mass is 10.2. The summed E-state index contributed by atoms with van der Waals surface area (Å²) in [5.74, 6) is 0.115. The topological polar surface area (TPSA) is 75.7 Å². The number of anilines is 1. The van der Waals surface area contributed by atoms with Gasteiger partial charge in [0.15, 0.2) is 6.61 Å². The molecule has 0 aromatic heterocycles. The molecule has 6 nitrogen and oxygen atoms in total. The molecule has 1 saturated heterocycles. The highest BCUT2D eigenvalue weighted by molar-refractivity contribution is 7.89. The van der Waals surface area contributed by atoms with Gasteiger partial charge in [-0.05, 0) is 55.7 Å². The normalized spacial score (nSPS) is 15.2. The Balaban J connectivity index is 1.64. The van der Waals surface area contributed by atoms with E-state index in [1.165, 1.54) is 10.4 Å². The van der Waals surface area contributed by atoms with Crippen LogP contribution in [0.3, 0.4) is 0 Å². The van der Waals surface area contributed by atoms with E-state index in [0.717, 1.165) is 19.3 Å². The molecule has 1 fully saturated rings. The number of rotatable bonds is 6. The Morgan fingerprint density at radius 2 is 1.86 bits per heavy atom. The van der Waals surface area contributed by atoms with E-state index in [-0.39, 0.29) is 17.4 Å². The number of amides is 1. The Bertz CT molecular complexity index is 956. The lowest BCUT2D eigenvalue weighted by Crippen LogP contribution is -2.35. The van der Waals surface area contributed by atoms with Crippen LogP contribution in [0.25, 0.3) is 0 Å². The van der Waals surface area contributed by atoms with Crippen LogP contribution in [-0.2, 0) is 14.8 Å². The van der Waals surface area contributed by atoms with Crippen molar-refractivity contribution >= 4 is 33.2 Å². The van der Waals surface area contributed by atoms with Gasteiger partial charge in [0.25, 0.3) is 5.91 Å². The van der Waals surface area contributed by atoms with E-state index in [9.17, 15) is 13.2 Å². The lowest BCUT2D eigenvalue weighted by molar-refractivity contribution is -0.118. The first-order valence-corrected chi connectivity index (χ1v) is 11.0. The smallest absolute Gasteiger partial charge is 0.262 e. The van der Waals surface area contributed by atoms with Crippen LogP contribution in [-0.4, -0.2) is 38.3 Å². The maximum absolute atomic E-state index is 12.8. The van der Waals surface area contributed by atoms with Crippen LogP contribution in [0.15, 0.2) is 47.4 Å². The molecule has 3 rings (SSSR count). The number of ether oxygens (including phenoxy) is 1. The highest BCUT2D eigenvalue weighted by Crippen LogP contribution is 2.26. The van der Waals surface area contributed by atoms with E-state index in [2.05, 4.69) is 5.32 Å². The van der Waals surface area contributed by atoms with E-state index in [4.69, 9.17) is 16.3 Å². The molecule has 2 aromatic rings. The van der Waals surface area contributed by atoms with Crippen LogP contribution in [0, 0.1) is 6.92 Å². The van der Waals surface area contributed by atoms with Crippen molar-refractivity contribution < 1.29 is 17.9 Å². The van der Waals surface area contributed by atoms with Gasteiger partial charge in [-0.2, -0.15) is 4.31 Å². The largest absolute Gasteiger partial charge is 0.483 e. The summed E-state index contributed by atoms with van der Waals surface area (Å²) in [4.78, 5) is 12.3. The molecule has 1 heterocycles. The molecule has 28 heavy (non-hydrogen) atoms. The predicted octanol–water partition coefficient (Wildman–Crippen LogP) is 3.84. The number of nitrogens with zero attached hydrogens (tertiary/aromatic N) is 1. The zero-order valence-electron chi connectivity index (χ0n) is 15.7. The molecular weight excluding hydrogens is 400 g/mol. The summed E-state index contributed by atoms with van der Waals surface area (Å²) in [5, 5.41) is 3.12. The van der Waals surface area contributed by atoms with Gasteiger partial charge in [0.05, 0.1) is 15.6 Å². The van der Waals surface area contributed by atoms with Gasteiger partial charge in [-0.25, -0.2) is 8.42 Å². The molecule has 1 amide bonds. The minimum absolute atomic E-state index is 0.204. The third kappa shape index (κ3) is 4.84. The summed E-state index contributed by atoms with van der Waals surface area (Å²) in [7, 11) is -3.49. The van der Waals surface area contributed by atoms with Gasteiger partial charge in [0.2, 0.25) is 10.0 Å². The van der Waals surface area contributed by atoms with Crippen molar-refractivity contribution in [3.05, 3.63) is 53.1 Å². The van der Waals surface area contributed by atoms with Crippen LogP contribution in [0.1, 0.15) is 24.8 Å². The molecule has 0 aliphatic carbocycles. The molecule has 1 N–H and O–H groups in total. The third-order valence-corrected chi connectivity index (χ3v) is 6.83. The minimum Gasteiger partial charge on any atom is -0.483 e. The predicted molar refractivity (Wildman–Crippen MR) is 109 cm³/mol. The van der Waals surface area contributed by atoms with Crippen LogP contribution >= 0.6 is 11.6 Å². The van der Waals surface area contributed by atoms with Crippen LogP contribution < -0.4 is 10.1 Å². The molecular formula is C20H23ClN2O4S. The number of carbonyl (C=O) groups excluding carboxylic acids is 1. The summed E-state index contributed by atoms with van der Waals surface area (Å²) < 4.78 is 32.6. The first-order valence-electron chi connectivity index (χ1n) is 9.16. The number of benzene rings is 2. The molecule has 2 aromatic carbocycles. The van der Waals surface area contributed by atoms with E-state index in [1.807, 2.05) is 0 Å². The van der Waals surface area contributed by atoms with Gasteiger partial charge in [-0.1, -0.05) is 30.2 Å². The van der Waals surface area contributed by atoms with Crippen molar-refractivity contribution in [3.63, 3.8) is 0 Å². The molecule has 0 saturated carbocycles. The number of carbonyl (C=O) groups is 1. The van der Waals surface area contributed by atoms with Crippen LogP contribution in [0.2, 0.25) is 5.02 Å². The first kappa shape index (κ1) is 20.6. The number of aryl methyl sites for hydroxylation is 1. The molecule has 1 aliphatic heterocycles. The zero-order valence-corrected chi connectivity index (χ0v) is 17.2. The Labute approximate surface area is 170 Å². The maximum atomic E-state index is 12.8. The molecule has 0 atom stereocenters. The number of para-hydroxylation sites is 1. The zero-order chi connectivity index (χ0) is 20.1. The van der Waals surface area contributed by atoms with Gasteiger partial charge in [-0.15, -0.1) is 0 Å². The van der Waals surface area contributed by atoms with E-state index < -0.39 is 10.0 Å². The van der Waals surface area contributed by atoms with Crippen LogP contribution in [0.5, 0.6) is 5.75 Å². The third-order valence-electron chi connectivity index (χ3n) is 4.61. The van der Waals surface area contributed by atoms with Gasteiger partial charge in [0, 0.05) is 13.1 Å². The minimum atomic E-state index is -3.49. The van der Waals surface area contributed by atoms with E-state index in [1.54, 1.807) is 43.3 Å². The highest BCUT2D eigenvalue weighted by Gasteiger charge is 2.26. The van der Waals surface area contributed by atoms with Crippen molar-refractivity contribution in [1.82, 2.24) is 4.31 Å². The molecule has 150 valence electrons. The number of sulfonamides is 1. The van der Waals surface area contributed by atoms with Gasteiger partial charge in [0.1, 0.15) is 5.75 Å². The van der Waals surface area contributed by atoms with E-state index >= 15 is 0 Å². The van der Waals surface area contributed by atoms with Crippen molar-refractivity contribution in [2.75, 3.05) is 25.0 Å². The molecule has 8 heteroatoms. The lowest BCUT2D eigenvalue weighted by Gasteiger charge is -2.26. The van der Waals surface area contributed by atoms with Gasteiger partial charge < -0.3 is 10.1 Å². The molecule has 0 spiro atoms. The Morgan fingerprint density at radius 1 is 1.14 bits per heavy atom. The van der Waals surface area contributed by atoms with Crippen molar-refractivity contribution in [2.24, 2.45) is 0 Å². The number of nitrogens with one attached hydrogen (secondary N) is 1. The van der Waals surface area contributed by atoms with Gasteiger partial charge in [-0.3, -0.25) is 4.79 Å². The Hall–Kier alpha value is -2.09. The second-order valence-electron chi connectivity index (χ2n) is 6.71. The first-order chi connectivity index (χ1) is 13.4. The average molecular weight is 423 g/mol. The summed E-state index contributed by atoms with van der Waals surface area (Å²) in [6.07, 6.45) is 2.84. The Morgan fingerprint density at radius 3 is 2.54 bits per heavy atom. The summed E-state index contributed by atoms with van der Waals surface area (Å²) in [6.45, 7) is 2.67. The Kier molecular flexibility index (Phi) is 6.59. The van der Waals surface area contributed by atoms with Crippen molar-refractivity contribution in [1.29, 1.82) is 0 Å². The highest BCUT2D eigenvalue weighted by atomic mass is 35.5. The maximum Gasteiger partial charge on any atom is 0.262 e. The molecule has 0 unspecified atom stereocenters. The fourth-order valence-electron chi connectivity index (χ4n) is 3.09. The summed E-state index contributed by atoms with van der Waals surface area (Å²) in [6, 6.07) is 11.6. The van der Waals surface area contributed by atoms with Gasteiger partial charge >= 0.3 is 0 Å². The fraction of sp³-hybridized carbons (Fsp3) is 0.350. The monoisotopic (exact) mass is 422 g/mol. The second-order valence-corrected chi connectivity index (χ2v) is 9.05. The summed E-state index contributed by atoms with van der Waals surface area (Å²) >= 11 is 6.02. The second kappa shape index (κ2) is 8.94. The number of piperidine rings is 1.